The van der Waals surface area contributed by atoms with Gasteiger partial charge in [-0.2, -0.15) is 35.1 Å². The van der Waals surface area contributed by atoms with Crippen molar-refractivity contribution in [1.29, 1.82) is 0 Å². The molecule has 0 spiro atoms. The number of hydrogen-bond donors (Lipinski definition) is 4. The first kappa shape index (κ1) is 15.3. The van der Waals surface area contributed by atoms with Gasteiger partial charge in [-0.3, -0.25) is 0 Å². The Bertz CT molecular complexity index is 259. The second kappa shape index (κ2) is 3.05. The van der Waals surface area contributed by atoms with Crippen LogP contribution in [0.5, 0.6) is 0 Å². The van der Waals surface area contributed by atoms with Gasteiger partial charge in [0.15, 0.2) is 0 Å². The van der Waals surface area contributed by atoms with E-state index in [1.807, 2.05) is 0 Å². The minimum Gasteiger partial charge on any atom is -0.356 e. The molecule has 4 N–H and O–H groups in total. The summed E-state index contributed by atoms with van der Waals surface area (Å²) < 4.78 is 102. The molecule has 1 aliphatic carbocycles. The van der Waals surface area contributed by atoms with E-state index in [0.717, 1.165) is 0 Å². The highest BCUT2D eigenvalue weighted by atomic mass is 19.3. The Morgan fingerprint density at radius 3 is 0.611 bits per heavy atom. The van der Waals surface area contributed by atoms with Gasteiger partial charge >= 0.3 is 35.3 Å². The zero-order chi connectivity index (χ0) is 15.0. The maximum atomic E-state index is 12.7. The lowest BCUT2D eigenvalue weighted by molar-refractivity contribution is -0.556. The molecule has 108 valence electrons. The summed E-state index contributed by atoms with van der Waals surface area (Å²) in [5.41, 5.74) is 0. The van der Waals surface area contributed by atoms with E-state index in [1.165, 1.54) is 0 Å². The Balaban J connectivity index is 3.72. The second-order valence-corrected chi connectivity index (χ2v) is 3.64. The van der Waals surface area contributed by atoms with E-state index in [-0.39, 0.29) is 0 Å². The summed E-state index contributed by atoms with van der Waals surface area (Å²) in [5.74, 6) is -39.0. The fourth-order valence-corrected chi connectivity index (χ4v) is 1.27. The minimum absolute atomic E-state index is 6.19. The van der Waals surface area contributed by atoms with Gasteiger partial charge in [-0.05, 0) is 0 Å². The highest BCUT2D eigenvalue weighted by Gasteiger charge is 2.98. The number of rotatable bonds is 0. The van der Waals surface area contributed by atoms with Crippen LogP contribution in [-0.4, -0.2) is 55.7 Å². The van der Waals surface area contributed by atoms with Crippen LogP contribution in [0.25, 0.3) is 0 Å². The highest BCUT2D eigenvalue weighted by Crippen LogP contribution is 2.64. The molecule has 0 aliphatic heterocycles. The molecule has 0 aromatic heterocycles. The van der Waals surface area contributed by atoms with Crippen molar-refractivity contribution < 1.29 is 55.5 Å². The third-order valence-corrected chi connectivity index (χ3v) is 2.54. The first-order valence-electron chi connectivity index (χ1n) is 3.91. The van der Waals surface area contributed by atoms with E-state index in [9.17, 15) is 35.1 Å². The standard InChI is InChI=1S/C6H4F8O4/c7-1(8)2(9,10)6(17,18)4(13,14)3(11,12)5(1,15)16/h15-18H. The van der Waals surface area contributed by atoms with Crippen molar-refractivity contribution in [3.05, 3.63) is 0 Å². The topological polar surface area (TPSA) is 80.9 Å². The van der Waals surface area contributed by atoms with Crippen LogP contribution in [0.4, 0.5) is 35.1 Å². The fraction of sp³-hybridized carbons (Fsp3) is 1.00. The SMILES string of the molecule is OC1(O)C(F)(F)C(F)(F)C(O)(O)C(F)(F)C1(F)F. The average Bonchev–Trinajstić information content (AvgIpc) is 2.14. The van der Waals surface area contributed by atoms with Crippen molar-refractivity contribution in [3.8, 4) is 0 Å². The predicted octanol–water partition coefficient (Wildman–Crippen LogP) is -0.0970. The highest BCUT2D eigenvalue weighted by molar-refractivity contribution is 5.22. The molecule has 0 amide bonds. The van der Waals surface area contributed by atoms with Crippen LogP contribution >= 0.6 is 0 Å². The quantitative estimate of drug-likeness (QED) is 0.371. The summed E-state index contributed by atoms with van der Waals surface area (Å²) >= 11 is 0. The Kier molecular flexibility index (Phi) is 2.60. The van der Waals surface area contributed by atoms with Gasteiger partial charge in [-0.15, -0.1) is 0 Å². The van der Waals surface area contributed by atoms with E-state index in [4.69, 9.17) is 20.4 Å². The fourth-order valence-electron chi connectivity index (χ4n) is 1.27. The van der Waals surface area contributed by atoms with Gasteiger partial charge in [0.1, 0.15) is 0 Å². The molecule has 0 saturated heterocycles. The number of hydrogen-bond acceptors (Lipinski definition) is 4. The van der Waals surface area contributed by atoms with Crippen LogP contribution in [-0.2, 0) is 0 Å². The van der Waals surface area contributed by atoms with Gasteiger partial charge in [0, 0.05) is 0 Å². The van der Waals surface area contributed by atoms with Crippen molar-refractivity contribution in [2.24, 2.45) is 0 Å². The molecule has 1 fully saturated rings. The largest absolute Gasteiger partial charge is 0.374 e. The van der Waals surface area contributed by atoms with Crippen LogP contribution in [0.15, 0.2) is 0 Å². The van der Waals surface area contributed by atoms with Gasteiger partial charge in [0.2, 0.25) is 0 Å². The predicted molar refractivity (Wildman–Crippen MR) is 34.1 cm³/mol. The van der Waals surface area contributed by atoms with Crippen molar-refractivity contribution in [2.45, 2.75) is 35.3 Å². The molecule has 0 unspecified atom stereocenters. The van der Waals surface area contributed by atoms with Crippen LogP contribution in [0.1, 0.15) is 0 Å². The summed E-state index contributed by atoms with van der Waals surface area (Å²) in [6, 6.07) is 0. The Hall–Kier alpha value is -0.720. The van der Waals surface area contributed by atoms with Crippen LogP contribution in [0, 0.1) is 0 Å². The molecule has 18 heavy (non-hydrogen) atoms. The van der Waals surface area contributed by atoms with Gasteiger partial charge < -0.3 is 20.4 Å². The van der Waals surface area contributed by atoms with Crippen LogP contribution < -0.4 is 0 Å². The lowest BCUT2D eigenvalue weighted by Crippen LogP contribution is -2.87. The lowest BCUT2D eigenvalue weighted by Gasteiger charge is -2.53. The van der Waals surface area contributed by atoms with Gasteiger partial charge in [-0.1, -0.05) is 0 Å². The molecule has 4 nitrogen and oxygen atoms in total. The molecule has 1 rings (SSSR count). The Morgan fingerprint density at radius 2 is 0.500 bits per heavy atom. The first-order chi connectivity index (χ1) is 7.50. The average molecular weight is 292 g/mol. The molecule has 12 heteroatoms. The van der Waals surface area contributed by atoms with Crippen molar-refractivity contribution >= 4 is 0 Å². The molecule has 0 aromatic carbocycles. The van der Waals surface area contributed by atoms with Crippen LogP contribution in [0.2, 0.25) is 0 Å². The molecule has 0 bridgehead atoms. The smallest absolute Gasteiger partial charge is 0.356 e. The van der Waals surface area contributed by atoms with Crippen molar-refractivity contribution in [1.82, 2.24) is 0 Å². The molecular formula is C6H4F8O4. The molecule has 0 radical (unpaired) electrons. The van der Waals surface area contributed by atoms with Crippen molar-refractivity contribution in [3.63, 3.8) is 0 Å². The summed E-state index contributed by atoms with van der Waals surface area (Å²) in [5, 5.41) is 32.8. The Labute approximate surface area is 92.1 Å². The monoisotopic (exact) mass is 292 g/mol. The zero-order valence-electron chi connectivity index (χ0n) is 7.81. The van der Waals surface area contributed by atoms with Gasteiger partial charge in [0.05, 0.1) is 0 Å². The summed E-state index contributed by atoms with van der Waals surface area (Å²) in [4.78, 5) is 0. The maximum Gasteiger partial charge on any atom is 0.374 e. The number of aliphatic hydroxyl groups is 4. The maximum absolute atomic E-state index is 12.7. The summed E-state index contributed by atoms with van der Waals surface area (Å²) in [6.07, 6.45) is 0. The van der Waals surface area contributed by atoms with Crippen LogP contribution in [0.3, 0.4) is 0 Å². The molecule has 0 aromatic rings. The molecule has 1 aliphatic rings. The minimum atomic E-state index is -6.66. The number of halogens is 8. The van der Waals surface area contributed by atoms with Crippen molar-refractivity contribution in [2.75, 3.05) is 0 Å². The molecule has 0 atom stereocenters. The van der Waals surface area contributed by atoms with E-state index in [0.29, 0.717) is 0 Å². The number of alkyl halides is 8. The van der Waals surface area contributed by atoms with Gasteiger partial charge in [-0.25, -0.2) is 0 Å². The normalized spacial score (nSPS) is 34.0. The first-order valence-corrected chi connectivity index (χ1v) is 3.91. The molecular weight excluding hydrogens is 288 g/mol. The van der Waals surface area contributed by atoms with E-state index < -0.39 is 35.3 Å². The molecule has 1 saturated carbocycles. The van der Waals surface area contributed by atoms with E-state index in [2.05, 4.69) is 0 Å². The third kappa shape index (κ3) is 1.10. The second-order valence-electron chi connectivity index (χ2n) is 3.64. The summed E-state index contributed by atoms with van der Waals surface area (Å²) in [7, 11) is 0. The third-order valence-electron chi connectivity index (χ3n) is 2.54. The van der Waals surface area contributed by atoms with E-state index >= 15 is 0 Å². The van der Waals surface area contributed by atoms with E-state index in [1.54, 1.807) is 0 Å². The van der Waals surface area contributed by atoms with Gasteiger partial charge in [0.25, 0.3) is 0 Å². The Morgan fingerprint density at radius 1 is 0.389 bits per heavy atom. The lowest BCUT2D eigenvalue weighted by atomic mass is 9.76. The zero-order valence-corrected chi connectivity index (χ0v) is 7.81. The summed E-state index contributed by atoms with van der Waals surface area (Å²) in [6.45, 7) is 0. The molecule has 0 heterocycles.